The van der Waals surface area contributed by atoms with Gasteiger partial charge in [-0.05, 0) is 92.6 Å². The maximum atomic E-state index is 15.6. The van der Waals surface area contributed by atoms with Crippen LogP contribution in [0.15, 0.2) is 54.6 Å². The highest BCUT2D eigenvalue weighted by atomic mass is 35.5. The summed E-state index contributed by atoms with van der Waals surface area (Å²) in [5.41, 5.74) is 3.93. The molecular formula is C44H46ClFN8O5. The van der Waals surface area contributed by atoms with Crippen molar-refractivity contribution >= 4 is 58.2 Å². The number of anilines is 3. The first kappa shape index (κ1) is 39.0. The molecule has 5 amide bonds. The Kier molecular flexibility index (Phi) is 10.1. The highest BCUT2D eigenvalue weighted by Gasteiger charge is 2.46. The van der Waals surface area contributed by atoms with E-state index in [0.29, 0.717) is 48.7 Å². The SMILES string of the molecule is C[C@H]1CC2(CCN(c3ccc(C(=O)N4CCN(CC5CN(c6ccc7c(c6)C(=O)N(C6CCC(=O)NC6=O)C7=O)C5)CC4)c(F)c3)CC2)CN1c1ccc(C#N)c(Cl)c1. The Balaban J connectivity index is 0.735. The summed E-state index contributed by atoms with van der Waals surface area (Å²) in [6, 6.07) is 17.3. The quantitative estimate of drug-likeness (QED) is 0.339. The lowest BCUT2D eigenvalue weighted by molar-refractivity contribution is -0.136. The zero-order valence-electron chi connectivity index (χ0n) is 33.0. The maximum Gasteiger partial charge on any atom is 0.262 e. The Labute approximate surface area is 347 Å². The van der Waals surface area contributed by atoms with Gasteiger partial charge >= 0.3 is 0 Å². The van der Waals surface area contributed by atoms with Crippen LogP contribution >= 0.6 is 11.6 Å². The van der Waals surface area contributed by atoms with E-state index in [-0.39, 0.29) is 40.9 Å². The Bertz CT molecular complexity index is 2290. The molecule has 13 nitrogen and oxygen atoms in total. The predicted molar refractivity (Wildman–Crippen MR) is 219 cm³/mol. The zero-order chi connectivity index (χ0) is 41.2. The molecule has 5 fully saturated rings. The average molecular weight is 821 g/mol. The van der Waals surface area contributed by atoms with E-state index in [0.717, 1.165) is 80.5 Å². The molecular weight excluding hydrogens is 775 g/mol. The number of carbonyl (C=O) groups excluding carboxylic acids is 5. The van der Waals surface area contributed by atoms with Crippen LogP contribution in [-0.2, 0) is 9.59 Å². The molecule has 2 atom stereocenters. The van der Waals surface area contributed by atoms with Crippen molar-refractivity contribution in [2.45, 2.75) is 51.1 Å². The lowest BCUT2D eigenvalue weighted by Crippen LogP contribution is -2.55. The molecule has 0 radical (unpaired) electrons. The molecule has 0 aliphatic carbocycles. The van der Waals surface area contributed by atoms with Gasteiger partial charge in [0.05, 0.1) is 27.3 Å². The first-order chi connectivity index (χ1) is 28.4. The summed E-state index contributed by atoms with van der Waals surface area (Å²) >= 11 is 6.36. The van der Waals surface area contributed by atoms with Gasteiger partial charge in [0.15, 0.2) is 0 Å². The van der Waals surface area contributed by atoms with Crippen LogP contribution in [0.3, 0.4) is 0 Å². The van der Waals surface area contributed by atoms with Crippen LogP contribution in [0.1, 0.15) is 75.7 Å². The summed E-state index contributed by atoms with van der Waals surface area (Å²) in [5.74, 6) is -2.47. The van der Waals surface area contributed by atoms with E-state index in [1.54, 1.807) is 29.2 Å². The minimum absolute atomic E-state index is 0.0734. The van der Waals surface area contributed by atoms with Crippen LogP contribution in [0.4, 0.5) is 21.5 Å². The van der Waals surface area contributed by atoms with Gasteiger partial charge in [-0.2, -0.15) is 5.26 Å². The van der Waals surface area contributed by atoms with Crippen molar-refractivity contribution in [1.29, 1.82) is 5.26 Å². The van der Waals surface area contributed by atoms with Crippen LogP contribution in [0.25, 0.3) is 0 Å². The van der Waals surface area contributed by atoms with Crippen LogP contribution in [0.5, 0.6) is 0 Å². The number of nitriles is 1. The predicted octanol–water partition coefficient (Wildman–Crippen LogP) is 4.53. The lowest BCUT2D eigenvalue weighted by Gasteiger charge is -2.45. The number of piperazine rings is 1. The summed E-state index contributed by atoms with van der Waals surface area (Å²) in [6.45, 7) is 9.58. The van der Waals surface area contributed by atoms with Gasteiger partial charge < -0.3 is 19.6 Å². The monoisotopic (exact) mass is 820 g/mol. The third kappa shape index (κ3) is 7.18. The molecule has 15 heteroatoms. The second kappa shape index (κ2) is 15.3. The van der Waals surface area contributed by atoms with Gasteiger partial charge in [-0.25, -0.2) is 4.39 Å². The minimum atomic E-state index is -0.996. The van der Waals surface area contributed by atoms with Gasteiger partial charge in [0, 0.05) is 101 Å². The molecule has 6 aliphatic heterocycles. The Morgan fingerprint density at radius 1 is 0.881 bits per heavy atom. The van der Waals surface area contributed by atoms with Crippen molar-refractivity contribution in [2.24, 2.45) is 11.3 Å². The maximum absolute atomic E-state index is 15.6. The smallest absolute Gasteiger partial charge is 0.262 e. The number of amides is 5. The molecule has 306 valence electrons. The number of nitrogens with zero attached hydrogens (tertiary/aromatic N) is 7. The van der Waals surface area contributed by atoms with Gasteiger partial charge in [-0.15, -0.1) is 0 Å². The minimum Gasteiger partial charge on any atom is -0.371 e. The number of piperidine rings is 2. The molecule has 3 aromatic rings. The number of halogens is 2. The summed E-state index contributed by atoms with van der Waals surface area (Å²) in [7, 11) is 0. The van der Waals surface area contributed by atoms with E-state index in [2.05, 4.69) is 37.9 Å². The number of carbonyl (C=O) groups is 5. The molecule has 3 aromatic carbocycles. The fraction of sp³-hybridized carbons (Fsp3) is 0.455. The Hall–Kier alpha value is -5.52. The van der Waals surface area contributed by atoms with Crippen LogP contribution < -0.4 is 20.0 Å². The first-order valence-corrected chi connectivity index (χ1v) is 20.9. The van der Waals surface area contributed by atoms with Crippen molar-refractivity contribution in [2.75, 3.05) is 80.1 Å². The average Bonchev–Trinajstić information content (AvgIpc) is 3.66. The molecule has 5 saturated heterocycles. The number of imide groups is 2. The molecule has 6 heterocycles. The number of benzene rings is 3. The Morgan fingerprint density at radius 2 is 1.58 bits per heavy atom. The number of hydrogen-bond acceptors (Lipinski definition) is 10. The second-order valence-corrected chi connectivity index (χ2v) is 17.6. The summed E-state index contributed by atoms with van der Waals surface area (Å²) < 4.78 is 15.6. The number of fused-ring (bicyclic) bond motifs is 1. The van der Waals surface area contributed by atoms with E-state index in [1.165, 1.54) is 6.07 Å². The van der Waals surface area contributed by atoms with Crippen molar-refractivity contribution in [3.63, 3.8) is 0 Å². The van der Waals surface area contributed by atoms with E-state index in [9.17, 15) is 29.2 Å². The highest BCUT2D eigenvalue weighted by molar-refractivity contribution is 6.32. The van der Waals surface area contributed by atoms with Crippen molar-refractivity contribution in [1.82, 2.24) is 20.0 Å². The normalized spacial score (nSPS) is 23.5. The third-order valence-corrected chi connectivity index (χ3v) is 13.8. The summed E-state index contributed by atoms with van der Waals surface area (Å²) in [4.78, 5) is 75.7. The molecule has 1 N–H and O–H groups in total. The Morgan fingerprint density at radius 3 is 2.27 bits per heavy atom. The van der Waals surface area contributed by atoms with Crippen molar-refractivity contribution in [3.05, 3.63) is 87.7 Å². The fourth-order valence-corrected chi connectivity index (χ4v) is 10.4. The van der Waals surface area contributed by atoms with Crippen LogP contribution in [0.2, 0.25) is 5.02 Å². The number of rotatable bonds is 7. The molecule has 0 saturated carbocycles. The molecule has 0 aromatic heterocycles. The highest BCUT2D eigenvalue weighted by Crippen LogP contribution is 2.46. The van der Waals surface area contributed by atoms with Gasteiger partial charge in [0.2, 0.25) is 11.8 Å². The molecule has 9 rings (SSSR count). The van der Waals surface area contributed by atoms with Crippen LogP contribution in [0, 0.1) is 28.5 Å². The molecule has 1 spiro atoms. The molecule has 6 aliphatic rings. The first-order valence-electron chi connectivity index (χ1n) is 20.5. The summed E-state index contributed by atoms with van der Waals surface area (Å²) in [6.07, 6.45) is 3.21. The van der Waals surface area contributed by atoms with Crippen molar-refractivity contribution < 1.29 is 28.4 Å². The largest absolute Gasteiger partial charge is 0.371 e. The molecule has 1 unspecified atom stereocenters. The van der Waals surface area contributed by atoms with Crippen molar-refractivity contribution in [3.8, 4) is 6.07 Å². The van der Waals surface area contributed by atoms with Gasteiger partial charge in [0.1, 0.15) is 17.9 Å². The number of nitrogens with one attached hydrogen (secondary N) is 1. The summed E-state index contributed by atoms with van der Waals surface area (Å²) in [5, 5.41) is 12.0. The van der Waals surface area contributed by atoms with Crippen LogP contribution in [-0.4, -0.2) is 122 Å². The van der Waals surface area contributed by atoms with E-state index in [4.69, 9.17) is 11.6 Å². The lowest BCUT2D eigenvalue weighted by atomic mass is 9.76. The van der Waals surface area contributed by atoms with Gasteiger partial charge in [-0.3, -0.25) is 39.1 Å². The zero-order valence-corrected chi connectivity index (χ0v) is 33.7. The standard InChI is InChI=1S/C44H46ClFN8O5/c1-27-21-44(26-53(27)32-3-2-29(22-47)36(45)19-32)10-12-50(13-11-44)31-5-7-34(37(46)20-31)41(57)51-16-14-49(15-17-51)23-28-24-52(25-28)30-4-6-33-35(18-30)43(59)54(42(33)58)38-8-9-39(55)48-40(38)56/h2-7,18-20,27-28,38H,8-17,21,23-26H2,1H3,(H,48,55,56)/t27-,38?/m0/s1. The van der Waals surface area contributed by atoms with E-state index in [1.807, 2.05) is 24.3 Å². The topological polar surface area (TPSA) is 141 Å². The third-order valence-electron chi connectivity index (χ3n) is 13.5. The van der Waals surface area contributed by atoms with Gasteiger partial charge in [0.25, 0.3) is 17.7 Å². The fourth-order valence-electron chi connectivity index (χ4n) is 10.1. The van der Waals surface area contributed by atoms with E-state index >= 15 is 4.39 Å². The molecule has 0 bridgehead atoms. The molecule has 59 heavy (non-hydrogen) atoms. The van der Waals surface area contributed by atoms with E-state index < -0.39 is 35.5 Å². The second-order valence-electron chi connectivity index (χ2n) is 17.1. The van der Waals surface area contributed by atoms with Gasteiger partial charge in [-0.1, -0.05) is 11.6 Å². The number of hydrogen-bond donors (Lipinski definition) is 1.